The van der Waals surface area contributed by atoms with Gasteiger partial charge in [-0.2, -0.15) is 5.26 Å². The quantitative estimate of drug-likeness (QED) is 0.390. The largest absolute Gasteiger partial charge is 0.490 e. The van der Waals surface area contributed by atoms with Crippen LogP contribution in [0.5, 0.6) is 5.75 Å². The number of rotatable bonds is 9. The molecule has 1 aromatic heterocycles. The number of benzene rings is 1. The van der Waals surface area contributed by atoms with E-state index in [0.717, 1.165) is 0 Å². The second kappa shape index (κ2) is 11.4. The molecule has 7 nitrogen and oxygen atoms in total. The molecule has 174 valence electrons. The SMILES string of the molecule is CC[C@]1(NC(=O)CCOc2cccc(C=C(C#N)c3ccccn3)c2F)C=CC=CC1B(O)O. The molecule has 2 aromatic rings. The number of nitriles is 1. The van der Waals surface area contributed by atoms with Crippen LogP contribution in [0.2, 0.25) is 5.82 Å². The molecular formula is C25H25BFN3O4. The summed E-state index contributed by atoms with van der Waals surface area (Å²) >= 11 is 0. The average Bonchev–Trinajstić information content (AvgIpc) is 2.85. The lowest BCUT2D eigenvalue weighted by atomic mass is 9.59. The lowest BCUT2D eigenvalue weighted by Gasteiger charge is -2.38. The molecule has 0 saturated heterocycles. The lowest BCUT2D eigenvalue weighted by molar-refractivity contribution is -0.123. The van der Waals surface area contributed by atoms with Gasteiger partial charge in [0.15, 0.2) is 11.6 Å². The van der Waals surface area contributed by atoms with Crippen LogP contribution in [0.3, 0.4) is 0 Å². The summed E-state index contributed by atoms with van der Waals surface area (Å²) in [6.07, 6.45) is 10.1. The Morgan fingerprint density at radius 3 is 2.82 bits per heavy atom. The van der Waals surface area contributed by atoms with Gasteiger partial charge in [-0.25, -0.2) is 4.39 Å². The third-order valence-electron chi connectivity index (χ3n) is 5.64. The number of nitrogens with zero attached hydrogens (tertiary/aromatic N) is 2. The number of allylic oxidation sites excluding steroid dienone is 3. The zero-order chi connectivity index (χ0) is 24.6. The number of halogens is 1. The van der Waals surface area contributed by atoms with Crippen LogP contribution >= 0.6 is 0 Å². The Kier molecular flexibility index (Phi) is 8.36. The Labute approximate surface area is 198 Å². The van der Waals surface area contributed by atoms with Crippen LogP contribution in [-0.4, -0.2) is 40.2 Å². The number of hydrogen-bond acceptors (Lipinski definition) is 6. The van der Waals surface area contributed by atoms with Gasteiger partial charge >= 0.3 is 7.12 Å². The van der Waals surface area contributed by atoms with E-state index in [1.54, 1.807) is 54.8 Å². The van der Waals surface area contributed by atoms with Crippen molar-refractivity contribution in [1.29, 1.82) is 5.26 Å². The summed E-state index contributed by atoms with van der Waals surface area (Å²) in [5, 5.41) is 31.7. The number of pyridine rings is 1. The van der Waals surface area contributed by atoms with E-state index in [1.165, 1.54) is 18.2 Å². The molecule has 0 fully saturated rings. The minimum absolute atomic E-state index is 0.0470. The van der Waals surface area contributed by atoms with Crippen LogP contribution in [0.15, 0.2) is 66.9 Å². The number of amides is 1. The van der Waals surface area contributed by atoms with Gasteiger partial charge in [-0.3, -0.25) is 9.78 Å². The molecule has 0 radical (unpaired) electrons. The fourth-order valence-corrected chi connectivity index (χ4v) is 3.79. The Bertz CT molecular complexity index is 1140. The molecule has 3 rings (SSSR count). The number of aromatic nitrogens is 1. The van der Waals surface area contributed by atoms with Crippen molar-refractivity contribution in [3.8, 4) is 11.8 Å². The van der Waals surface area contributed by atoms with Gasteiger partial charge in [0.1, 0.15) is 6.07 Å². The van der Waals surface area contributed by atoms with E-state index in [1.807, 2.05) is 13.0 Å². The third kappa shape index (κ3) is 5.79. The molecule has 1 heterocycles. The maximum Gasteiger partial charge on any atom is 0.461 e. The fraction of sp³-hybridized carbons (Fsp3) is 0.240. The van der Waals surface area contributed by atoms with Crippen LogP contribution in [0.25, 0.3) is 11.6 Å². The standard InChI is InChI=1S/C25H25BFN3O4/c1-2-25(13-5-3-11-22(25)26(32)33)30-23(31)12-15-34-21-10-7-8-18(24(21)27)16-19(17-28)20-9-4-6-14-29-20/h3-11,13-14,16,22,32-33H,2,12,15H2,1H3,(H,30,31)/t22?,25-/m0/s1. The summed E-state index contributed by atoms with van der Waals surface area (Å²) in [4.78, 5) is 16.7. The molecule has 1 unspecified atom stereocenters. The third-order valence-corrected chi connectivity index (χ3v) is 5.64. The number of nitrogens with one attached hydrogen (secondary N) is 1. The van der Waals surface area contributed by atoms with E-state index in [2.05, 4.69) is 10.3 Å². The number of carbonyl (C=O) groups excluding carboxylic acids is 1. The summed E-state index contributed by atoms with van der Waals surface area (Å²) in [6, 6.07) is 11.7. The minimum Gasteiger partial charge on any atom is -0.490 e. The molecular weight excluding hydrogens is 436 g/mol. The maximum absolute atomic E-state index is 15.0. The van der Waals surface area contributed by atoms with E-state index in [4.69, 9.17) is 4.74 Å². The van der Waals surface area contributed by atoms with Crippen molar-refractivity contribution >= 4 is 24.7 Å². The van der Waals surface area contributed by atoms with Gasteiger partial charge in [0.25, 0.3) is 0 Å². The van der Waals surface area contributed by atoms with Crippen LogP contribution in [-0.2, 0) is 4.79 Å². The van der Waals surface area contributed by atoms with Crippen LogP contribution in [0.4, 0.5) is 4.39 Å². The monoisotopic (exact) mass is 461 g/mol. The van der Waals surface area contributed by atoms with Gasteiger partial charge in [0.05, 0.1) is 29.8 Å². The first-order chi connectivity index (χ1) is 16.4. The normalized spacial score (nSPS) is 19.4. The first kappa shape index (κ1) is 24.9. The van der Waals surface area contributed by atoms with Crippen molar-refractivity contribution in [3.63, 3.8) is 0 Å². The average molecular weight is 461 g/mol. The predicted molar refractivity (Wildman–Crippen MR) is 128 cm³/mol. The second-order valence-electron chi connectivity index (χ2n) is 7.77. The van der Waals surface area contributed by atoms with E-state index >= 15 is 0 Å². The highest BCUT2D eigenvalue weighted by molar-refractivity contribution is 6.44. The van der Waals surface area contributed by atoms with Crippen molar-refractivity contribution in [2.75, 3.05) is 6.61 Å². The molecule has 0 aliphatic heterocycles. The van der Waals surface area contributed by atoms with Crippen molar-refractivity contribution in [1.82, 2.24) is 10.3 Å². The summed E-state index contributed by atoms with van der Waals surface area (Å²) in [7, 11) is -1.63. The Hall–Kier alpha value is -3.74. The zero-order valence-electron chi connectivity index (χ0n) is 18.7. The summed E-state index contributed by atoms with van der Waals surface area (Å²) < 4.78 is 20.5. The van der Waals surface area contributed by atoms with Crippen LogP contribution in [0.1, 0.15) is 31.0 Å². The van der Waals surface area contributed by atoms with Gasteiger partial charge in [0, 0.05) is 17.6 Å². The van der Waals surface area contributed by atoms with Crippen molar-refractivity contribution in [2.24, 2.45) is 0 Å². The van der Waals surface area contributed by atoms with E-state index < -0.39 is 24.3 Å². The molecule has 0 bridgehead atoms. The maximum atomic E-state index is 15.0. The van der Waals surface area contributed by atoms with Crippen LogP contribution in [0, 0.1) is 17.1 Å². The zero-order valence-corrected chi connectivity index (χ0v) is 18.7. The van der Waals surface area contributed by atoms with Gasteiger partial charge in [0.2, 0.25) is 5.91 Å². The molecule has 0 spiro atoms. The summed E-state index contributed by atoms with van der Waals surface area (Å²) in [5.74, 6) is -1.76. The highest BCUT2D eigenvalue weighted by Crippen LogP contribution is 2.34. The first-order valence-electron chi connectivity index (χ1n) is 10.9. The molecule has 2 atom stereocenters. The summed E-state index contributed by atoms with van der Waals surface area (Å²) in [6.45, 7) is 1.75. The number of carbonyl (C=O) groups is 1. The van der Waals surface area contributed by atoms with Crippen molar-refractivity contribution in [3.05, 3.63) is 84.0 Å². The smallest absolute Gasteiger partial charge is 0.461 e. The van der Waals surface area contributed by atoms with E-state index in [-0.39, 0.29) is 35.8 Å². The highest BCUT2D eigenvalue weighted by Gasteiger charge is 2.42. The molecule has 34 heavy (non-hydrogen) atoms. The minimum atomic E-state index is -1.63. The summed E-state index contributed by atoms with van der Waals surface area (Å²) in [5.41, 5.74) is -0.144. The molecule has 1 aliphatic carbocycles. The van der Waals surface area contributed by atoms with Crippen molar-refractivity contribution < 1.29 is 24.0 Å². The lowest BCUT2D eigenvalue weighted by Crippen LogP contribution is -2.54. The Morgan fingerprint density at radius 1 is 1.32 bits per heavy atom. The topological polar surface area (TPSA) is 115 Å². The first-order valence-corrected chi connectivity index (χ1v) is 10.9. The molecule has 0 saturated carbocycles. The fourth-order valence-electron chi connectivity index (χ4n) is 3.79. The van der Waals surface area contributed by atoms with Gasteiger partial charge in [-0.1, -0.05) is 49.4 Å². The van der Waals surface area contributed by atoms with Gasteiger partial charge < -0.3 is 20.1 Å². The molecule has 1 aliphatic rings. The molecule has 1 amide bonds. The molecule has 9 heteroatoms. The predicted octanol–water partition coefficient (Wildman–Crippen LogP) is 3.29. The Balaban J connectivity index is 1.66. The number of ether oxygens (including phenoxy) is 1. The second-order valence-corrected chi connectivity index (χ2v) is 7.77. The highest BCUT2D eigenvalue weighted by atomic mass is 19.1. The van der Waals surface area contributed by atoms with Crippen LogP contribution < -0.4 is 10.1 Å². The molecule has 1 aromatic carbocycles. The van der Waals surface area contributed by atoms with E-state index in [9.17, 15) is 24.5 Å². The van der Waals surface area contributed by atoms with E-state index in [0.29, 0.717) is 12.1 Å². The Morgan fingerprint density at radius 2 is 2.15 bits per heavy atom. The van der Waals surface area contributed by atoms with Gasteiger partial charge in [-0.15, -0.1) is 0 Å². The van der Waals surface area contributed by atoms with Gasteiger partial charge in [-0.05, 0) is 30.7 Å². The number of hydrogen-bond donors (Lipinski definition) is 3. The molecule has 3 N–H and O–H groups in total. The van der Waals surface area contributed by atoms with Crippen molar-refractivity contribution in [2.45, 2.75) is 31.1 Å².